The average Bonchev–Trinajstić information content (AvgIpc) is 2.69. The number of sulfonamides is 1. The van der Waals surface area contributed by atoms with Crippen molar-refractivity contribution in [2.75, 3.05) is 13.1 Å². The highest BCUT2D eigenvalue weighted by molar-refractivity contribution is 7.89. The molecule has 30 heavy (non-hydrogen) atoms. The molecule has 0 aliphatic carbocycles. The fourth-order valence-corrected chi connectivity index (χ4v) is 4.93. The minimum Gasteiger partial charge on any atom is -0.352 e. The third-order valence-electron chi connectivity index (χ3n) is 5.27. The lowest BCUT2D eigenvalue weighted by molar-refractivity contribution is -0.123. The van der Waals surface area contributed by atoms with Crippen LogP contribution in [0.4, 0.5) is 0 Å². The molecule has 1 atom stereocenters. The van der Waals surface area contributed by atoms with Crippen LogP contribution in [0.1, 0.15) is 30.9 Å². The third-order valence-corrected chi connectivity index (χ3v) is 7.08. The van der Waals surface area contributed by atoms with Crippen molar-refractivity contribution in [3.05, 3.63) is 64.7 Å². The summed E-state index contributed by atoms with van der Waals surface area (Å²) in [7, 11) is -3.79. The van der Waals surface area contributed by atoms with Gasteiger partial charge in [0.1, 0.15) is 0 Å². The number of halogens is 1. The molecule has 0 unspecified atom stereocenters. The summed E-state index contributed by atoms with van der Waals surface area (Å²) in [6.45, 7) is 6.33. The van der Waals surface area contributed by atoms with Crippen LogP contribution in [0.25, 0.3) is 0 Å². The lowest BCUT2D eigenvalue weighted by atomic mass is 10.0. The van der Waals surface area contributed by atoms with Crippen LogP contribution >= 0.6 is 11.6 Å². The van der Waals surface area contributed by atoms with Gasteiger partial charge >= 0.3 is 0 Å². The van der Waals surface area contributed by atoms with Gasteiger partial charge in [0.15, 0.2) is 0 Å². The number of aryl methyl sites for hydroxylation is 1. The van der Waals surface area contributed by atoms with E-state index in [0.29, 0.717) is 5.02 Å². The Hall–Kier alpha value is -1.93. The van der Waals surface area contributed by atoms with E-state index in [1.54, 1.807) is 6.92 Å². The van der Waals surface area contributed by atoms with E-state index in [1.165, 1.54) is 35.4 Å². The number of hydrogen-bond donors (Lipinski definition) is 2. The molecule has 3 rings (SSSR count). The van der Waals surface area contributed by atoms with Gasteiger partial charge < -0.3 is 5.32 Å². The van der Waals surface area contributed by atoms with E-state index in [-0.39, 0.29) is 16.8 Å². The van der Waals surface area contributed by atoms with Crippen LogP contribution in [0.5, 0.6) is 0 Å². The number of nitrogens with zero attached hydrogens (tertiary/aromatic N) is 1. The van der Waals surface area contributed by atoms with Crippen molar-refractivity contribution in [3.8, 4) is 0 Å². The molecule has 162 valence electrons. The number of carbonyl (C=O) groups excluding carboxylic acids is 1. The number of rotatable bonds is 7. The normalized spacial score (nSPS) is 16.9. The van der Waals surface area contributed by atoms with E-state index >= 15 is 0 Å². The second kappa shape index (κ2) is 9.92. The second-order valence-corrected chi connectivity index (χ2v) is 10.00. The Morgan fingerprint density at radius 1 is 1.17 bits per heavy atom. The molecule has 0 saturated carbocycles. The van der Waals surface area contributed by atoms with Crippen molar-refractivity contribution in [3.63, 3.8) is 0 Å². The third kappa shape index (κ3) is 6.28. The van der Waals surface area contributed by atoms with Gasteiger partial charge in [-0.15, -0.1) is 0 Å². The minimum absolute atomic E-state index is 0.0498. The van der Waals surface area contributed by atoms with E-state index in [1.807, 2.05) is 0 Å². The Morgan fingerprint density at radius 2 is 1.83 bits per heavy atom. The van der Waals surface area contributed by atoms with Crippen LogP contribution in [0.3, 0.4) is 0 Å². The fraction of sp³-hybridized carbons (Fsp3) is 0.409. The first kappa shape index (κ1) is 22.7. The van der Waals surface area contributed by atoms with Crippen LogP contribution in [0.15, 0.2) is 53.4 Å². The summed E-state index contributed by atoms with van der Waals surface area (Å²) in [6, 6.07) is 13.5. The Balaban J connectivity index is 1.47. The summed E-state index contributed by atoms with van der Waals surface area (Å²) < 4.78 is 27.3. The van der Waals surface area contributed by atoms with Crippen molar-refractivity contribution in [2.24, 2.45) is 0 Å². The highest BCUT2D eigenvalue weighted by Crippen LogP contribution is 2.16. The maximum Gasteiger partial charge on any atom is 0.241 e. The molecule has 8 heteroatoms. The molecule has 1 heterocycles. The van der Waals surface area contributed by atoms with Crippen molar-refractivity contribution >= 4 is 27.5 Å². The molecule has 0 bridgehead atoms. The van der Waals surface area contributed by atoms with Gasteiger partial charge in [0.25, 0.3) is 0 Å². The van der Waals surface area contributed by atoms with Gasteiger partial charge in [-0.3, -0.25) is 9.69 Å². The van der Waals surface area contributed by atoms with E-state index in [0.717, 1.165) is 32.5 Å². The van der Waals surface area contributed by atoms with Gasteiger partial charge in [0, 0.05) is 30.7 Å². The first-order valence-corrected chi connectivity index (χ1v) is 12.0. The Morgan fingerprint density at radius 3 is 2.47 bits per heavy atom. The van der Waals surface area contributed by atoms with Gasteiger partial charge in [-0.25, -0.2) is 8.42 Å². The molecule has 1 aliphatic heterocycles. The number of carbonyl (C=O) groups is 1. The van der Waals surface area contributed by atoms with Crippen LogP contribution in [0.2, 0.25) is 5.02 Å². The van der Waals surface area contributed by atoms with E-state index in [9.17, 15) is 13.2 Å². The van der Waals surface area contributed by atoms with E-state index in [4.69, 9.17) is 11.6 Å². The molecule has 2 aromatic carbocycles. The number of amides is 1. The van der Waals surface area contributed by atoms with Crippen molar-refractivity contribution in [2.45, 2.75) is 50.2 Å². The molecule has 0 spiro atoms. The maximum atomic E-state index is 12.5. The Bertz CT molecular complexity index is 971. The highest BCUT2D eigenvalue weighted by Gasteiger charge is 2.26. The van der Waals surface area contributed by atoms with Crippen molar-refractivity contribution in [1.29, 1.82) is 0 Å². The molecule has 0 radical (unpaired) electrons. The predicted octanol–water partition coefficient (Wildman–Crippen LogP) is 3.10. The van der Waals surface area contributed by atoms with Crippen LogP contribution in [-0.2, 0) is 21.4 Å². The molecule has 0 aromatic heterocycles. The zero-order chi connectivity index (χ0) is 21.7. The Kier molecular flexibility index (Phi) is 7.52. The van der Waals surface area contributed by atoms with Gasteiger partial charge in [0.2, 0.25) is 15.9 Å². The summed E-state index contributed by atoms with van der Waals surface area (Å²) in [5.74, 6) is -0.315. The fourth-order valence-electron chi connectivity index (χ4n) is 3.60. The molecule has 2 N–H and O–H groups in total. The van der Waals surface area contributed by atoms with Crippen LogP contribution < -0.4 is 10.0 Å². The minimum atomic E-state index is -3.79. The molecular formula is C22H28ClN3O3S. The van der Waals surface area contributed by atoms with Gasteiger partial charge in [-0.05, 0) is 56.5 Å². The molecule has 6 nitrogen and oxygen atoms in total. The van der Waals surface area contributed by atoms with Crippen molar-refractivity contribution in [1.82, 2.24) is 14.9 Å². The quantitative estimate of drug-likeness (QED) is 0.680. The average molecular weight is 450 g/mol. The van der Waals surface area contributed by atoms with E-state index < -0.39 is 16.1 Å². The van der Waals surface area contributed by atoms with Crippen molar-refractivity contribution < 1.29 is 13.2 Å². The first-order chi connectivity index (χ1) is 14.2. The lowest BCUT2D eigenvalue weighted by Crippen LogP contribution is -2.50. The van der Waals surface area contributed by atoms with Crippen LogP contribution in [0, 0.1) is 6.92 Å². The summed E-state index contributed by atoms with van der Waals surface area (Å²) in [6.07, 6.45) is 1.68. The standard InChI is InChI=1S/C22H28ClN3O3S/c1-16-4-3-5-18(14-16)15-26-12-10-20(11-13-26)24-22(27)17(2)25-30(28,29)21-8-6-19(23)7-9-21/h3-9,14,17,20,25H,10-13,15H2,1-2H3,(H,24,27)/t17-/m0/s1. The number of hydrogen-bond acceptors (Lipinski definition) is 4. The largest absolute Gasteiger partial charge is 0.352 e. The molecular weight excluding hydrogens is 422 g/mol. The monoisotopic (exact) mass is 449 g/mol. The smallest absolute Gasteiger partial charge is 0.241 e. The zero-order valence-electron chi connectivity index (χ0n) is 17.3. The predicted molar refractivity (Wildman–Crippen MR) is 119 cm³/mol. The number of nitrogens with one attached hydrogen (secondary N) is 2. The first-order valence-electron chi connectivity index (χ1n) is 10.1. The van der Waals surface area contributed by atoms with Crippen LogP contribution in [-0.4, -0.2) is 44.4 Å². The summed E-state index contributed by atoms with van der Waals surface area (Å²) >= 11 is 5.81. The highest BCUT2D eigenvalue weighted by atomic mass is 35.5. The zero-order valence-corrected chi connectivity index (χ0v) is 18.8. The summed E-state index contributed by atoms with van der Waals surface area (Å²) in [5.41, 5.74) is 2.55. The number of likely N-dealkylation sites (tertiary alicyclic amines) is 1. The maximum absolute atomic E-state index is 12.5. The Labute approximate surface area is 183 Å². The number of piperidine rings is 1. The molecule has 1 aliphatic rings. The molecule has 2 aromatic rings. The molecule has 1 saturated heterocycles. The summed E-state index contributed by atoms with van der Waals surface area (Å²) in [5, 5.41) is 3.43. The van der Waals surface area contributed by atoms with Gasteiger partial charge in [-0.1, -0.05) is 41.4 Å². The van der Waals surface area contributed by atoms with Gasteiger partial charge in [-0.2, -0.15) is 4.72 Å². The second-order valence-electron chi connectivity index (χ2n) is 7.84. The topological polar surface area (TPSA) is 78.5 Å². The lowest BCUT2D eigenvalue weighted by Gasteiger charge is -2.33. The van der Waals surface area contributed by atoms with E-state index in [2.05, 4.69) is 46.1 Å². The SMILES string of the molecule is Cc1cccc(CN2CCC(NC(=O)[C@H](C)NS(=O)(=O)c3ccc(Cl)cc3)CC2)c1. The molecule has 1 fully saturated rings. The van der Waals surface area contributed by atoms with Gasteiger partial charge in [0.05, 0.1) is 10.9 Å². The summed E-state index contributed by atoms with van der Waals surface area (Å²) in [4.78, 5) is 15.0. The molecule has 1 amide bonds. The number of benzene rings is 2.